The highest BCUT2D eigenvalue weighted by Crippen LogP contribution is 2.29. The minimum atomic E-state index is -4.40. The lowest BCUT2D eigenvalue weighted by Gasteiger charge is -2.33. The summed E-state index contributed by atoms with van der Waals surface area (Å²) in [5.74, 6) is 0.0689. The van der Waals surface area contributed by atoms with E-state index in [0.29, 0.717) is 51.6 Å². The average molecular weight is 554 g/mol. The SMILES string of the molecule is CC(=O)N1CCN(C(=O)c2coc(CN(CCc3c[nH]c4ccccc34)Cc3ccc(C(F)(F)F)cc3)n2)CC1. The number of fused-ring (bicyclic) bond motifs is 1. The van der Waals surface area contributed by atoms with Gasteiger partial charge in [0.2, 0.25) is 11.8 Å². The minimum Gasteiger partial charge on any atom is -0.447 e. The molecule has 2 aromatic carbocycles. The van der Waals surface area contributed by atoms with Gasteiger partial charge in [0.25, 0.3) is 5.91 Å². The van der Waals surface area contributed by atoms with Gasteiger partial charge in [-0.3, -0.25) is 14.5 Å². The molecule has 8 nitrogen and oxygen atoms in total. The molecule has 40 heavy (non-hydrogen) atoms. The van der Waals surface area contributed by atoms with Crippen LogP contribution in [0, 0.1) is 0 Å². The van der Waals surface area contributed by atoms with Gasteiger partial charge < -0.3 is 19.2 Å². The number of carbonyl (C=O) groups excluding carboxylic acids is 2. The zero-order valence-electron chi connectivity index (χ0n) is 22.1. The van der Waals surface area contributed by atoms with Crippen molar-refractivity contribution in [3.63, 3.8) is 0 Å². The lowest BCUT2D eigenvalue weighted by molar-refractivity contribution is -0.137. The Morgan fingerprint density at radius 2 is 1.70 bits per heavy atom. The molecule has 0 bridgehead atoms. The number of benzene rings is 2. The van der Waals surface area contributed by atoms with Crippen molar-refractivity contribution in [2.75, 3.05) is 32.7 Å². The summed E-state index contributed by atoms with van der Waals surface area (Å²) < 4.78 is 44.8. The summed E-state index contributed by atoms with van der Waals surface area (Å²) >= 11 is 0. The number of carbonyl (C=O) groups is 2. The van der Waals surface area contributed by atoms with Crippen LogP contribution in [0.4, 0.5) is 13.2 Å². The molecule has 11 heteroatoms. The van der Waals surface area contributed by atoms with Crippen molar-refractivity contribution in [3.8, 4) is 0 Å². The van der Waals surface area contributed by atoms with Crippen LogP contribution in [-0.2, 0) is 30.5 Å². The molecule has 0 radical (unpaired) electrons. The fraction of sp³-hybridized carbons (Fsp3) is 0.345. The predicted octanol–water partition coefficient (Wildman–Crippen LogP) is 4.72. The third kappa shape index (κ3) is 6.36. The van der Waals surface area contributed by atoms with Gasteiger partial charge in [-0.15, -0.1) is 0 Å². The number of halogens is 3. The van der Waals surface area contributed by atoms with Gasteiger partial charge in [-0.25, -0.2) is 4.98 Å². The van der Waals surface area contributed by atoms with Crippen molar-refractivity contribution >= 4 is 22.7 Å². The normalized spacial score (nSPS) is 14.3. The van der Waals surface area contributed by atoms with Crippen LogP contribution in [-0.4, -0.2) is 69.2 Å². The molecule has 0 saturated carbocycles. The molecule has 1 N–H and O–H groups in total. The standard InChI is InChI=1S/C29H30F3N5O3/c1-20(38)36-12-14-37(15-13-36)28(39)26-19-40-27(34-26)18-35(17-21-6-8-23(9-7-21)29(30,31)32)11-10-22-16-33-25-5-3-2-4-24(22)25/h2-9,16,19,33H,10-15,17-18H2,1H3. The van der Waals surface area contributed by atoms with E-state index in [0.717, 1.165) is 34.2 Å². The topological polar surface area (TPSA) is 85.7 Å². The molecule has 0 unspecified atom stereocenters. The van der Waals surface area contributed by atoms with E-state index in [2.05, 4.69) is 9.97 Å². The Bertz CT molecular complexity index is 1470. The molecule has 1 aliphatic rings. The smallest absolute Gasteiger partial charge is 0.416 e. The summed E-state index contributed by atoms with van der Waals surface area (Å²) in [4.78, 5) is 37.6. The van der Waals surface area contributed by atoms with E-state index < -0.39 is 11.7 Å². The number of piperazine rings is 1. The van der Waals surface area contributed by atoms with Crippen molar-refractivity contribution in [1.29, 1.82) is 0 Å². The number of hydrogen-bond donors (Lipinski definition) is 1. The summed E-state index contributed by atoms with van der Waals surface area (Å²) in [5.41, 5.74) is 2.38. The molecule has 1 saturated heterocycles. The quantitative estimate of drug-likeness (QED) is 0.341. The van der Waals surface area contributed by atoms with E-state index in [1.54, 1.807) is 9.80 Å². The van der Waals surface area contributed by atoms with Crippen LogP contribution < -0.4 is 0 Å². The van der Waals surface area contributed by atoms with Gasteiger partial charge in [-0.05, 0) is 35.7 Å². The molecular formula is C29H30F3N5O3. The van der Waals surface area contributed by atoms with Crippen LogP contribution in [0.2, 0.25) is 0 Å². The van der Waals surface area contributed by atoms with E-state index >= 15 is 0 Å². The molecule has 0 aliphatic carbocycles. The number of para-hydroxylation sites is 1. The number of nitrogens with zero attached hydrogens (tertiary/aromatic N) is 4. The Kier molecular flexibility index (Phi) is 7.92. The fourth-order valence-corrected chi connectivity index (χ4v) is 4.95. The molecule has 1 fully saturated rings. The average Bonchev–Trinajstić information content (AvgIpc) is 3.58. The third-order valence-electron chi connectivity index (χ3n) is 7.20. The molecule has 0 atom stereocenters. The second kappa shape index (κ2) is 11.5. The molecule has 1 aliphatic heterocycles. The second-order valence-electron chi connectivity index (χ2n) is 9.94. The van der Waals surface area contributed by atoms with E-state index in [1.807, 2.05) is 35.4 Å². The number of aromatic nitrogens is 2. The van der Waals surface area contributed by atoms with Crippen LogP contribution in [0.15, 0.2) is 65.4 Å². The third-order valence-corrected chi connectivity index (χ3v) is 7.20. The number of nitrogens with one attached hydrogen (secondary N) is 1. The zero-order chi connectivity index (χ0) is 28.3. The van der Waals surface area contributed by atoms with E-state index in [1.165, 1.54) is 25.3 Å². The first-order valence-corrected chi connectivity index (χ1v) is 13.1. The highest BCUT2D eigenvalue weighted by Gasteiger charge is 2.30. The molecule has 5 rings (SSSR count). The highest BCUT2D eigenvalue weighted by atomic mass is 19.4. The number of oxazole rings is 1. The number of alkyl halides is 3. The van der Waals surface area contributed by atoms with Gasteiger partial charge in [-0.1, -0.05) is 30.3 Å². The van der Waals surface area contributed by atoms with E-state index in [9.17, 15) is 22.8 Å². The molecule has 2 amide bonds. The summed E-state index contributed by atoms with van der Waals surface area (Å²) in [6.45, 7) is 4.53. The Balaban J connectivity index is 1.29. The van der Waals surface area contributed by atoms with Gasteiger partial charge in [0.15, 0.2) is 5.69 Å². The Hall–Kier alpha value is -4.12. The van der Waals surface area contributed by atoms with E-state index in [4.69, 9.17) is 4.42 Å². The number of rotatable bonds is 8. The summed E-state index contributed by atoms with van der Waals surface area (Å²) in [6, 6.07) is 13.1. The van der Waals surface area contributed by atoms with E-state index in [-0.39, 0.29) is 24.1 Å². The van der Waals surface area contributed by atoms with Crippen molar-refractivity contribution in [1.82, 2.24) is 24.7 Å². The van der Waals surface area contributed by atoms with Gasteiger partial charge in [0.1, 0.15) is 6.26 Å². The first-order chi connectivity index (χ1) is 19.2. The van der Waals surface area contributed by atoms with Crippen LogP contribution >= 0.6 is 0 Å². The number of aromatic amines is 1. The Morgan fingerprint density at radius 1 is 1.00 bits per heavy atom. The fourth-order valence-electron chi connectivity index (χ4n) is 4.95. The number of H-pyrrole nitrogens is 1. The molecule has 2 aromatic heterocycles. The molecule has 0 spiro atoms. The Labute approximate surface area is 229 Å². The summed E-state index contributed by atoms with van der Waals surface area (Å²) in [6.07, 6.45) is -0.398. The second-order valence-corrected chi connectivity index (χ2v) is 9.94. The summed E-state index contributed by atoms with van der Waals surface area (Å²) in [7, 11) is 0. The molecule has 210 valence electrons. The van der Waals surface area contributed by atoms with Crippen LogP contribution in [0.3, 0.4) is 0 Å². The Morgan fingerprint density at radius 3 is 2.40 bits per heavy atom. The largest absolute Gasteiger partial charge is 0.447 e. The van der Waals surface area contributed by atoms with Crippen LogP contribution in [0.1, 0.15) is 40.0 Å². The van der Waals surface area contributed by atoms with Gasteiger partial charge >= 0.3 is 6.18 Å². The number of hydrogen-bond acceptors (Lipinski definition) is 5. The maximum absolute atomic E-state index is 13.0. The van der Waals surface area contributed by atoms with Crippen molar-refractivity contribution in [3.05, 3.63) is 89.3 Å². The van der Waals surface area contributed by atoms with Crippen LogP contribution in [0.25, 0.3) is 10.9 Å². The van der Waals surface area contributed by atoms with Crippen molar-refractivity contribution in [2.45, 2.75) is 32.6 Å². The maximum atomic E-state index is 13.0. The minimum absolute atomic E-state index is 0.0170. The van der Waals surface area contributed by atoms with Crippen LogP contribution in [0.5, 0.6) is 0 Å². The maximum Gasteiger partial charge on any atom is 0.416 e. The van der Waals surface area contributed by atoms with Crippen molar-refractivity contribution < 1.29 is 27.2 Å². The highest BCUT2D eigenvalue weighted by molar-refractivity contribution is 5.92. The lowest BCUT2D eigenvalue weighted by atomic mass is 10.1. The monoisotopic (exact) mass is 553 g/mol. The zero-order valence-corrected chi connectivity index (χ0v) is 22.1. The van der Waals surface area contributed by atoms with Crippen molar-refractivity contribution in [2.24, 2.45) is 0 Å². The molecule has 4 aromatic rings. The van der Waals surface area contributed by atoms with Gasteiger partial charge in [-0.2, -0.15) is 13.2 Å². The first kappa shape index (κ1) is 27.4. The molecular weight excluding hydrogens is 523 g/mol. The lowest BCUT2D eigenvalue weighted by Crippen LogP contribution is -2.50. The van der Waals surface area contributed by atoms with Gasteiger partial charge in [0.05, 0.1) is 12.1 Å². The predicted molar refractivity (Wildman–Crippen MR) is 142 cm³/mol. The summed E-state index contributed by atoms with van der Waals surface area (Å²) in [5, 5.41) is 1.12. The number of amides is 2. The van der Waals surface area contributed by atoms with Gasteiger partial charge in [0, 0.05) is 63.3 Å². The molecule has 3 heterocycles. The first-order valence-electron chi connectivity index (χ1n) is 13.1.